The Bertz CT molecular complexity index is 516. The van der Waals surface area contributed by atoms with Crippen molar-refractivity contribution in [1.82, 2.24) is 5.32 Å². The summed E-state index contributed by atoms with van der Waals surface area (Å²) < 4.78 is 0.973. The highest BCUT2D eigenvalue weighted by Gasteiger charge is 2.41. The van der Waals surface area contributed by atoms with E-state index in [0.717, 1.165) is 9.26 Å². The third kappa shape index (κ3) is 2.61. The summed E-state index contributed by atoms with van der Waals surface area (Å²) >= 11 is 2.19. The zero-order valence-electron chi connectivity index (χ0n) is 11.2. The van der Waals surface area contributed by atoms with Crippen LogP contribution in [0.4, 0.5) is 5.69 Å². The van der Waals surface area contributed by atoms with Crippen molar-refractivity contribution in [3.8, 4) is 0 Å². The molecule has 0 aliphatic carbocycles. The molecule has 1 aliphatic rings. The molecule has 1 aromatic rings. The third-order valence-electron chi connectivity index (χ3n) is 3.26. The van der Waals surface area contributed by atoms with Crippen LogP contribution in [0.15, 0.2) is 24.3 Å². The number of rotatable bonds is 2. The lowest BCUT2D eigenvalue weighted by molar-refractivity contribution is -0.134. The first kappa shape index (κ1) is 14.3. The van der Waals surface area contributed by atoms with E-state index < -0.39 is 12.1 Å². The van der Waals surface area contributed by atoms with E-state index in [0.29, 0.717) is 0 Å². The molecule has 1 fully saturated rings. The van der Waals surface area contributed by atoms with Gasteiger partial charge in [-0.1, -0.05) is 26.0 Å². The van der Waals surface area contributed by atoms with Crippen molar-refractivity contribution in [3.63, 3.8) is 0 Å². The molecule has 2 rings (SSSR count). The zero-order chi connectivity index (χ0) is 14.2. The Morgan fingerprint density at radius 2 is 1.89 bits per heavy atom. The summed E-state index contributed by atoms with van der Waals surface area (Å²) in [7, 11) is 0. The van der Waals surface area contributed by atoms with Gasteiger partial charge >= 0.3 is 0 Å². The summed E-state index contributed by atoms with van der Waals surface area (Å²) in [6.45, 7) is 5.63. The average Bonchev–Trinajstić information content (AvgIpc) is 2.34. The zero-order valence-corrected chi connectivity index (χ0v) is 13.3. The van der Waals surface area contributed by atoms with Crippen molar-refractivity contribution in [1.29, 1.82) is 0 Å². The summed E-state index contributed by atoms with van der Waals surface area (Å²) in [5.41, 5.74) is 0.813. The first-order valence-electron chi connectivity index (χ1n) is 6.31. The number of carbonyl (C=O) groups is 2. The lowest BCUT2D eigenvalue weighted by atomic mass is 9.96. The Hall–Kier alpha value is -1.11. The molecular formula is C14H17IN2O2. The van der Waals surface area contributed by atoms with E-state index in [-0.39, 0.29) is 17.7 Å². The van der Waals surface area contributed by atoms with Crippen LogP contribution in [-0.4, -0.2) is 23.9 Å². The van der Waals surface area contributed by atoms with Crippen LogP contribution >= 0.6 is 22.6 Å². The maximum absolute atomic E-state index is 12.4. The van der Waals surface area contributed by atoms with Crippen LogP contribution in [0.5, 0.6) is 0 Å². The van der Waals surface area contributed by atoms with Gasteiger partial charge in [0.1, 0.15) is 12.1 Å². The molecule has 1 saturated heterocycles. The van der Waals surface area contributed by atoms with Crippen LogP contribution < -0.4 is 10.2 Å². The SMILES string of the molecule is CC1NC(=O)C(C(C)C)N(c2ccccc2I)C1=O. The molecule has 19 heavy (non-hydrogen) atoms. The highest BCUT2D eigenvalue weighted by atomic mass is 127. The second kappa shape index (κ2) is 5.48. The van der Waals surface area contributed by atoms with E-state index in [4.69, 9.17) is 0 Å². The predicted octanol–water partition coefficient (Wildman–Crippen LogP) is 2.17. The molecule has 0 spiro atoms. The number of hydrogen-bond donors (Lipinski definition) is 1. The Morgan fingerprint density at radius 1 is 1.26 bits per heavy atom. The molecule has 1 heterocycles. The average molecular weight is 372 g/mol. The van der Waals surface area contributed by atoms with Crippen molar-refractivity contribution in [2.45, 2.75) is 32.9 Å². The molecule has 5 heteroatoms. The minimum atomic E-state index is -0.474. The van der Waals surface area contributed by atoms with Crippen molar-refractivity contribution in [3.05, 3.63) is 27.8 Å². The van der Waals surface area contributed by atoms with Gasteiger partial charge in [-0.05, 0) is 47.6 Å². The number of nitrogens with one attached hydrogen (secondary N) is 1. The predicted molar refractivity (Wildman–Crippen MR) is 82.9 cm³/mol. The smallest absolute Gasteiger partial charge is 0.250 e. The fourth-order valence-electron chi connectivity index (χ4n) is 2.34. The molecule has 0 saturated carbocycles. The first-order valence-corrected chi connectivity index (χ1v) is 7.39. The van der Waals surface area contributed by atoms with E-state index in [1.54, 1.807) is 11.8 Å². The Kier molecular flexibility index (Phi) is 4.13. The van der Waals surface area contributed by atoms with Crippen molar-refractivity contribution >= 4 is 40.1 Å². The fourth-order valence-corrected chi connectivity index (χ4v) is 2.99. The van der Waals surface area contributed by atoms with Gasteiger partial charge in [0.05, 0.1) is 5.69 Å². The van der Waals surface area contributed by atoms with Crippen LogP contribution in [0.25, 0.3) is 0 Å². The van der Waals surface area contributed by atoms with E-state index in [1.165, 1.54) is 0 Å². The second-order valence-electron chi connectivity index (χ2n) is 5.08. The van der Waals surface area contributed by atoms with Gasteiger partial charge in [-0.25, -0.2) is 0 Å². The molecule has 4 nitrogen and oxygen atoms in total. The number of halogens is 1. The topological polar surface area (TPSA) is 49.4 Å². The fraction of sp³-hybridized carbons (Fsp3) is 0.429. The number of anilines is 1. The largest absolute Gasteiger partial charge is 0.343 e. The van der Waals surface area contributed by atoms with Crippen LogP contribution in [-0.2, 0) is 9.59 Å². The Labute approximate surface area is 126 Å². The van der Waals surface area contributed by atoms with Crippen LogP contribution in [0.1, 0.15) is 20.8 Å². The number of nitrogens with zero attached hydrogens (tertiary/aromatic N) is 1. The second-order valence-corrected chi connectivity index (χ2v) is 6.24. The maximum Gasteiger partial charge on any atom is 0.250 e. The minimum Gasteiger partial charge on any atom is -0.343 e. The summed E-state index contributed by atoms with van der Waals surface area (Å²) in [4.78, 5) is 26.3. The van der Waals surface area contributed by atoms with Crippen molar-refractivity contribution in [2.24, 2.45) is 5.92 Å². The van der Waals surface area contributed by atoms with Gasteiger partial charge in [-0.3, -0.25) is 14.5 Å². The molecule has 2 atom stereocenters. The lowest BCUT2D eigenvalue weighted by Gasteiger charge is -2.40. The molecule has 2 amide bonds. The number of carbonyl (C=O) groups excluding carboxylic acids is 2. The van der Waals surface area contributed by atoms with E-state index in [9.17, 15) is 9.59 Å². The highest BCUT2D eigenvalue weighted by molar-refractivity contribution is 14.1. The molecule has 0 radical (unpaired) electrons. The molecular weight excluding hydrogens is 355 g/mol. The number of benzene rings is 1. The molecule has 0 bridgehead atoms. The third-order valence-corrected chi connectivity index (χ3v) is 4.17. The van der Waals surface area contributed by atoms with Crippen molar-refractivity contribution in [2.75, 3.05) is 4.90 Å². The Balaban J connectivity index is 2.51. The van der Waals surface area contributed by atoms with Gasteiger partial charge in [0.15, 0.2) is 0 Å². The molecule has 2 unspecified atom stereocenters. The number of hydrogen-bond acceptors (Lipinski definition) is 2. The lowest BCUT2D eigenvalue weighted by Crippen LogP contribution is -2.64. The quantitative estimate of drug-likeness (QED) is 0.810. The van der Waals surface area contributed by atoms with E-state index in [1.807, 2.05) is 38.1 Å². The van der Waals surface area contributed by atoms with Gasteiger partial charge < -0.3 is 5.32 Å². The van der Waals surface area contributed by atoms with Gasteiger partial charge in [0, 0.05) is 3.57 Å². The summed E-state index contributed by atoms with van der Waals surface area (Å²) in [5.74, 6) is -0.0726. The van der Waals surface area contributed by atoms with Gasteiger partial charge in [-0.2, -0.15) is 0 Å². The van der Waals surface area contributed by atoms with Gasteiger partial charge in [0.2, 0.25) is 11.8 Å². The molecule has 102 valence electrons. The highest BCUT2D eigenvalue weighted by Crippen LogP contribution is 2.29. The maximum atomic E-state index is 12.4. The molecule has 1 aliphatic heterocycles. The Morgan fingerprint density at radius 3 is 2.47 bits per heavy atom. The molecule has 0 aromatic heterocycles. The van der Waals surface area contributed by atoms with Crippen molar-refractivity contribution < 1.29 is 9.59 Å². The summed E-state index contributed by atoms with van der Waals surface area (Å²) in [6, 6.07) is 6.73. The van der Waals surface area contributed by atoms with Crippen LogP contribution in [0.3, 0.4) is 0 Å². The van der Waals surface area contributed by atoms with Crippen LogP contribution in [0, 0.1) is 9.49 Å². The van der Waals surface area contributed by atoms with Gasteiger partial charge in [0.25, 0.3) is 0 Å². The first-order chi connectivity index (χ1) is 8.93. The normalized spacial score (nSPS) is 23.7. The van der Waals surface area contributed by atoms with E-state index in [2.05, 4.69) is 27.9 Å². The monoisotopic (exact) mass is 372 g/mol. The number of para-hydroxylation sites is 1. The molecule has 1 N–H and O–H groups in total. The molecule has 1 aromatic carbocycles. The number of amides is 2. The summed E-state index contributed by atoms with van der Waals surface area (Å²) in [6.07, 6.45) is 0. The minimum absolute atomic E-state index is 0.0533. The van der Waals surface area contributed by atoms with Gasteiger partial charge in [-0.15, -0.1) is 0 Å². The standard InChI is InChI=1S/C14H17IN2O2/c1-8(2)12-13(18)16-9(3)14(19)17(12)11-7-5-4-6-10(11)15/h4-9,12H,1-3H3,(H,16,18). The van der Waals surface area contributed by atoms with E-state index >= 15 is 0 Å². The number of piperazine rings is 1. The van der Waals surface area contributed by atoms with Crippen LogP contribution in [0.2, 0.25) is 0 Å². The summed E-state index contributed by atoms with van der Waals surface area (Å²) in [5, 5.41) is 2.75.